The first kappa shape index (κ1) is 15.8. The van der Waals surface area contributed by atoms with Gasteiger partial charge >= 0.3 is 5.97 Å². The molecule has 0 aromatic heterocycles. The molecule has 4 aliphatic heterocycles. The minimum Gasteiger partial charge on any atom is -0.463 e. The van der Waals surface area contributed by atoms with Gasteiger partial charge in [-0.25, -0.2) is 4.79 Å². The minimum absolute atomic E-state index is 0.0210. The van der Waals surface area contributed by atoms with Crippen LogP contribution in [0.3, 0.4) is 0 Å². The van der Waals surface area contributed by atoms with Crippen molar-refractivity contribution >= 4 is 17.6 Å². The molecule has 5 rings (SSSR count). The lowest BCUT2D eigenvalue weighted by Crippen LogP contribution is -2.59. The van der Waals surface area contributed by atoms with E-state index < -0.39 is 23.4 Å². The quantitative estimate of drug-likeness (QED) is 0.718. The number of fused-ring (bicyclic) bond motifs is 5. The highest BCUT2D eigenvalue weighted by Crippen LogP contribution is 2.44. The molecule has 1 amide bonds. The van der Waals surface area contributed by atoms with Crippen molar-refractivity contribution in [3.05, 3.63) is 47.7 Å². The van der Waals surface area contributed by atoms with E-state index in [0.717, 1.165) is 17.0 Å². The van der Waals surface area contributed by atoms with Crippen molar-refractivity contribution in [2.24, 2.45) is 22.7 Å². The van der Waals surface area contributed by atoms with E-state index in [0.29, 0.717) is 6.54 Å². The molecule has 4 unspecified atom stereocenters. The molecular weight excluding hydrogens is 332 g/mol. The van der Waals surface area contributed by atoms with E-state index in [1.165, 1.54) is 0 Å². The van der Waals surface area contributed by atoms with Gasteiger partial charge in [-0.05, 0) is 12.0 Å². The number of nitrogens with zero attached hydrogens (tertiary/aromatic N) is 2. The summed E-state index contributed by atoms with van der Waals surface area (Å²) in [6.07, 6.45) is 12.4. The zero-order valence-electron chi connectivity index (χ0n) is 14.5. The van der Waals surface area contributed by atoms with Gasteiger partial charge in [-0.2, -0.15) is 0 Å². The maximum Gasteiger partial charge on any atom is 0.338 e. The standard InChI is InChI=1S/C20H20N2O4/c1-2-20(25)14-8-16-17-12(7-11-5-3-4-6-15(11)21-17)9-22(16)18(23)13(14)10-26-19(20)24/h3-8,11,13-15,25H,2,9-10H2,1H3/t11?,13?,14?,15?,20-/m0/s1. The van der Waals surface area contributed by atoms with E-state index in [-0.39, 0.29) is 30.9 Å². The highest BCUT2D eigenvalue weighted by Gasteiger charge is 2.57. The number of hydrogen-bond donors (Lipinski definition) is 1. The van der Waals surface area contributed by atoms with Gasteiger partial charge in [0.05, 0.1) is 29.9 Å². The van der Waals surface area contributed by atoms with Gasteiger partial charge in [-0.1, -0.05) is 43.4 Å². The molecule has 5 atom stereocenters. The van der Waals surface area contributed by atoms with E-state index in [2.05, 4.69) is 18.2 Å². The molecular formula is C20H20N2O4. The average molecular weight is 352 g/mol. The van der Waals surface area contributed by atoms with Crippen LogP contribution in [0, 0.1) is 17.8 Å². The molecule has 134 valence electrons. The fourth-order valence-electron chi connectivity index (χ4n) is 4.64. The van der Waals surface area contributed by atoms with Gasteiger partial charge in [-0.3, -0.25) is 9.79 Å². The highest BCUT2D eigenvalue weighted by atomic mass is 16.6. The SMILES string of the molecule is CC[C@@]1(O)C(=O)OCC2C(=O)N3CC4=CC5C=CC=CC5N=C4C3=CC21. The Kier molecular flexibility index (Phi) is 3.19. The normalized spacial score (nSPS) is 39.9. The number of hydrogen-bond acceptors (Lipinski definition) is 5. The van der Waals surface area contributed by atoms with Crippen LogP contribution in [-0.2, 0) is 14.3 Å². The smallest absolute Gasteiger partial charge is 0.338 e. The Labute approximate surface area is 151 Å². The fourth-order valence-corrected chi connectivity index (χ4v) is 4.64. The molecule has 6 nitrogen and oxygen atoms in total. The molecule has 2 saturated heterocycles. The second-order valence-electron chi connectivity index (χ2n) is 7.49. The number of cyclic esters (lactones) is 1. The Morgan fingerprint density at radius 1 is 1.31 bits per heavy atom. The molecule has 0 bridgehead atoms. The number of amides is 1. The van der Waals surface area contributed by atoms with Gasteiger partial charge in [-0.15, -0.1) is 0 Å². The summed E-state index contributed by atoms with van der Waals surface area (Å²) in [6, 6.07) is 0.0359. The molecule has 1 N–H and O–H groups in total. The van der Waals surface area contributed by atoms with Crippen molar-refractivity contribution in [1.82, 2.24) is 4.90 Å². The summed E-state index contributed by atoms with van der Waals surface area (Å²) in [6.45, 7) is 2.25. The first-order chi connectivity index (χ1) is 12.5. The Bertz CT molecular complexity index is 865. The van der Waals surface area contributed by atoms with Crippen LogP contribution in [0.2, 0.25) is 0 Å². The van der Waals surface area contributed by atoms with E-state index in [9.17, 15) is 14.7 Å². The van der Waals surface area contributed by atoms with E-state index in [1.807, 2.05) is 18.2 Å². The van der Waals surface area contributed by atoms with Gasteiger partial charge in [0, 0.05) is 11.8 Å². The van der Waals surface area contributed by atoms with Crippen LogP contribution < -0.4 is 0 Å². The Morgan fingerprint density at radius 3 is 2.92 bits per heavy atom. The Hall–Kier alpha value is -2.47. The average Bonchev–Trinajstić information content (AvgIpc) is 3.01. The summed E-state index contributed by atoms with van der Waals surface area (Å²) in [5.41, 5.74) is 0.924. The van der Waals surface area contributed by atoms with Crippen LogP contribution in [0.5, 0.6) is 0 Å². The summed E-state index contributed by atoms with van der Waals surface area (Å²) in [5.74, 6) is -1.63. The molecule has 0 aromatic carbocycles. The maximum absolute atomic E-state index is 13.1. The van der Waals surface area contributed by atoms with Crippen molar-refractivity contribution in [2.45, 2.75) is 25.0 Å². The number of rotatable bonds is 1. The molecule has 0 spiro atoms. The molecule has 5 aliphatic rings. The van der Waals surface area contributed by atoms with Crippen molar-refractivity contribution in [2.75, 3.05) is 13.2 Å². The van der Waals surface area contributed by atoms with Gasteiger partial charge in [0.15, 0.2) is 5.60 Å². The topological polar surface area (TPSA) is 79.2 Å². The van der Waals surface area contributed by atoms with Crippen LogP contribution in [0.4, 0.5) is 0 Å². The molecule has 26 heavy (non-hydrogen) atoms. The third kappa shape index (κ3) is 1.93. The summed E-state index contributed by atoms with van der Waals surface area (Å²) in [7, 11) is 0. The van der Waals surface area contributed by atoms with E-state index in [4.69, 9.17) is 9.73 Å². The molecule has 1 aliphatic carbocycles. The fraction of sp³-hybridized carbons (Fsp3) is 0.450. The third-order valence-corrected chi connectivity index (χ3v) is 6.18. The Balaban J connectivity index is 1.61. The van der Waals surface area contributed by atoms with Crippen molar-refractivity contribution in [3.8, 4) is 0 Å². The highest BCUT2D eigenvalue weighted by molar-refractivity contribution is 6.18. The number of carbonyl (C=O) groups excluding carboxylic acids is 2. The Morgan fingerprint density at radius 2 is 2.12 bits per heavy atom. The van der Waals surface area contributed by atoms with Crippen LogP contribution in [0.25, 0.3) is 0 Å². The molecule has 0 saturated carbocycles. The van der Waals surface area contributed by atoms with Crippen LogP contribution in [0.15, 0.2) is 52.7 Å². The summed E-state index contributed by atoms with van der Waals surface area (Å²) < 4.78 is 5.14. The second kappa shape index (κ2) is 5.27. The molecule has 6 heteroatoms. The predicted molar refractivity (Wildman–Crippen MR) is 94.1 cm³/mol. The summed E-state index contributed by atoms with van der Waals surface area (Å²) in [4.78, 5) is 31.9. The van der Waals surface area contributed by atoms with Crippen LogP contribution in [0.1, 0.15) is 13.3 Å². The maximum atomic E-state index is 13.1. The molecule has 0 radical (unpaired) electrons. The molecule has 2 fully saturated rings. The zero-order chi connectivity index (χ0) is 18.1. The largest absolute Gasteiger partial charge is 0.463 e. The minimum atomic E-state index is -1.66. The second-order valence-corrected chi connectivity index (χ2v) is 7.49. The van der Waals surface area contributed by atoms with Gasteiger partial charge in [0.25, 0.3) is 0 Å². The van der Waals surface area contributed by atoms with Gasteiger partial charge in [0.1, 0.15) is 6.61 Å². The first-order valence-electron chi connectivity index (χ1n) is 9.10. The number of esters is 1. The number of aliphatic hydroxyl groups is 1. The monoisotopic (exact) mass is 352 g/mol. The van der Waals surface area contributed by atoms with Crippen molar-refractivity contribution in [3.63, 3.8) is 0 Å². The number of carbonyl (C=O) groups is 2. The van der Waals surface area contributed by atoms with Crippen LogP contribution in [-0.4, -0.2) is 52.4 Å². The first-order valence-corrected chi connectivity index (χ1v) is 9.10. The predicted octanol–water partition coefficient (Wildman–Crippen LogP) is 1.15. The third-order valence-electron chi connectivity index (χ3n) is 6.18. The van der Waals surface area contributed by atoms with Gasteiger partial charge in [0.2, 0.25) is 5.91 Å². The van der Waals surface area contributed by atoms with E-state index >= 15 is 0 Å². The summed E-state index contributed by atoms with van der Waals surface area (Å²) >= 11 is 0. The zero-order valence-corrected chi connectivity index (χ0v) is 14.5. The number of allylic oxidation sites excluding steroid dienone is 3. The molecule has 0 aromatic rings. The van der Waals surface area contributed by atoms with Crippen LogP contribution >= 0.6 is 0 Å². The lowest BCUT2D eigenvalue weighted by atomic mass is 9.72. The lowest BCUT2D eigenvalue weighted by Gasteiger charge is -2.44. The van der Waals surface area contributed by atoms with Crippen molar-refractivity contribution < 1.29 is 19.4 Å². The lowest BCUT2D eigenvalue weighted by molar-refractivity contribution is -0.190. The number of dihydropyridines is 1. The molecule has 4 heterocycles. The van der Waals surface area contributed by atoms with Crippen molar-refractivity contribution in [1.29, 1.82) is 0 Å². The van der Waals surface area contributed by atoms with E-state index in [1.54, 1.807) is 11.8 Å². The van der Waals surface area contributed by atoms with Gasteiger partial charge < -0.3 is 14.7 Å². The summed E-state index contributed by atoms with van der Waals surface area (Å²) in [5, 5.41) is 10.9. The number of aliphatic imine (C=N–C) groups is 1. The number of ether oxygens (including phenoxy) is 1.